The van der Waals surface area contributed by atoms with Crippen molar-refractivity contribution < 1.29 is 9.13 Å². The van der Waals surface area contributed by atoms with Crippen molar-refractivity contribution >= 4 is 22.5 Å². The normalized spacial score (nSPS) is 14.4. The maximum Gasteiger partial charge on any atom is 0.267 e. The lowest BCUT2D eigenvalue weighted by Crippen LogP contribution is -2.47. The van der Waals surface area contributed by atoms with E-state index in [4.69, 9.17) is 4.74 Å². The molecule has 0 saturated carbocycles. The molecule has 0 spiro atoms. The number of hydrogen-bond donors (Lipinski definition) is 0. The summed E-state index contributed by atoms with van der Waals surface area (Å²) >= 11 is 1.38. The maximum atomic E-state index is 13.1. The van der Waals surface area contributed by atoms with Crippen molar-refractivity contribution in [2.75, 3.05) is 43.1 Å². The molecule has 0 bridgehead atoms. The van der Waals surface area contributed by atoms with Gasteiger partial charge in [-0.3, -0.25) is 4.79 Å². The average Bonchev–Trinajstić information content (AvgIpc) is 3.20. The first kappa shape index (κ1) is 19.5. The summed E-state index contributed by atoms with van der Waals surface area (Å²) in [5, 5.41) is 5.41. The van der Waals surface area contributed by atoms with Crippen molar-refractivity contribution in [1.82, 2.24) is 19.1 Å². The fraction of sp³-hybridized carbons (Fsp3) is 0.368. The standard InChI is InChI=1S/C19H21FN6O2S/c1-28-13-16-21-19(29-23-16)25-10-8-24(9-11-25)17-6-7-18(27)26(22-17)12-14-2-4-15(20)5-3-14/h2-7H,8-13H2,1H3. The summed E-state index contributed by atoms with van der Waals surface area (Å²) in [6.07, 6.45) is 0. The van der Waals surface area contributed by atoms with Gasteiger partial charge in [0.05, 0.1) is 6.54 Å². The van der Waals surface area contributed by atoms with Crippen molar-refractivity contribution in [2.45, 2.75) is 13.2 Å². The Morgan fingerprint density at radius 2 is 1.79 bits per heavy atom. The number of halogens is 1. The van der Waals surface area contributed by atoms with Gasteiger partial charge in [0, 0.05) is 50.9 Å². The molecule has 1 aliphatic rings. The van der Waals surface area contributed by atoms with Crippen molar-refractivity contribution in [1.29, 1.82) is 0 Å². The highest BCUT2D eigenvalue weighted by Gasteiger charge is 2.21. The molecule has 1 aromatic carbocycles. The van der Waals surface area contributed by atoms with Crippen LogP contribution in [0.3, 0.4) is 0 Å². The van der Waals surface area contributed by atoms with Crippen LogP contribution in [-0.4, -0.2) is 52.4 Å². The Morgan fingerprint density at radius 3 is 2.52 bits per heavy atom. The molecule has 3 aromatic rings. The van der Waals surface area contributed by atoms with Crippen LogP contribution in [0.15, 0.2) is 41.2 Å². The van der Waals surface area contributed by atoms with Crippen LogP contribution in [0.5, 0.6) is 0 Å². The molecule has 1 aliphatic heterocycles. The van der Waals surface area contributed by atoms with E-state index in [1.165, 1.54) is 34.4 Å². The number of piperazine rings is 1. The van der Waals surface area contributed by atoms with Gasteiger partial charge in [0.1, 0.15) is 18.2 Å². The predicted octanol–water partition coefficient (Wildman–Crippen LogP) is 1.76. The summed E-state index contributed by atoms with van der Waals surface area (Å²) in [4.78, 5) is 21.0. The summed E-state index contributed by atoms with van der Waals surface area (Å²) in [5.41, 5.74) is 0.641. The van der Waals surface area contributed by atoms with Gasteiger partial charge in [0.15, 0.2) is 5.82 Å². The van der Waals surface area contributed by atoms with Gasteiger partial charge >= 0.3 is 0 Å². The van der Waals surface area contributed by atoms with Gasteiger partial charge in [-0.2, -0.15) is 9.47 Å². The first-order valence-corrected chi connectivity index (χ1v) is 10.0. The molecule has 0 radical (unpaired) electrons. The molecule has 0 amide bonds. The van der Waals surface area contributed by atoms with Gasteiger partial charge in [-0.1, -0.05) is 12.1 Å². The van der Waals surface area contributed by atoms with Crippen molar-refractivity contribution in [3.8, 4) is 0 Å². The Kier molecular flexibility index (Phi) is 5.81. The van der Waals surface area contributed by atoms with Gasteiger partial charge in [0.25, 0.3) is 5.56 Å². The Balaban J connectivity index is 1.42. The summed E-state index contributed by atoms with van der Waals surface area (Å²) in [5.74, 6) is 1.15. The predicted molar refractivity (Wildman–Crippen MR) is 109 cm³/mol. The molecule has 3 heterocycles. The zero-order valence-electron chi connectivity index (χ0n) is 16.0. The molecule has 0 atom stereocenters. The fourth-order valence-electron chi connectivity index (χ4n) is 3.17. The number of nitrogens with zero attached hydrogens (tertiary/aromatic N) is 6. The van der Waals surface area contributed by atoms with Crippen molar-refractivity contribution in [2.24, 2.45) is 0 Å². The first-order valence-electron chi connectivity index (χ1n) is 9.26. The molecule has 8 nitrogen and oxygen atoms in total. The number of methoxy groups -OCH3 is 1. The third-order valence-corrected chi connectivity index (χ3v) is 5.52. The van der Waals surface area contributed by atoms with E-state index in [1.807, 2.05) is 0 Å². The highest BCUT2D eigenvalue weighted by atomic mass is 32.1. The van der Waals surface area contributed by atoms with Crippen LogP contribution in [0.4, 0.5) is 15.3 Å². The minimum Gasteiger partial charge on any atom is -0.377 e. The molecule has 0 unspecified atom stereocenters. The molecule has 29 heavy (non-hydrogen) atoms. The van der Waals surface area contributed by atoms with Crippen LogP contribution in [0.2, 0.25) is 0 Å². The van der Waals surface area contributed by atoms with E-state index in [1.54, 1.807) is 25.3 Å². The number of anilines is 2. The van der Waals surface area contributed by atoms with Crippen LogP contribution in [0, 0.1) is 5.82 Å². The van der Waals surface area contributed by atoms with Crippen molar-refractivity contribution in [3.05, 3.63) is 64.0 Å². The molecular weight excluding hydrogens is 395 g/mol. The number of ether oxygens (including phenoxy) is 1. The molecule has 1 saturated heterocycles. The van der Waals surface area contributed by atoms with E-state index < -0.39 is 0 Å². The van der Waals surface area contributed by atoms with Gasteiger partial charge in [0.2, 0.25) is 5.13 Å². The SMILES string of the molecule is COCc1nsc(N2CCN(c3ccc(=O)n(Cc4ccc(F)cc4)n3)CC2)n1. The lowest BCUT2D eigenvalue weighted by atomic mass is 10.2. The second kappa shape index (κ2) is 8.66. The summed E-state index contributed by atoms with van der Waals surface area (Å²) in [6, 6.07) is 9.37. The Hall–Kier alpha value is -2.85. The zero-order valence-corrected chi connectivity index (χ0v) is 16.8. The van der Waals surface area contributed by atoms with E-state index >= 15 is 0 Å². The van der Waals surface area contributed by atoms with Crippen LogP contribution < -0.4 is 15.4 Å². The third kappa shape index (κ3) is 4.60. The zero-order chi connectivity index (χ0) is 20.2. The number of aromatic nitrogens is 4. The van der Waals surface area contributed by atoms with E-state index in [0.717, 1.165) is 42.7 Å². The molecule has 152 valence electrons. The van der Waals surface area contributed by atoms with Gasteiger partial charge < -0.3 is 14.5 Å². The fourth-order valence-corrected chi connectivity index (χ4v) is 3.90. The van der Waals surface area contributed by atoms with E-state index in [2.05, 4.69) is 24.3 Å². The van der Waals surface area contributed by atoms with Crippen LogP contribution >= 0.6 is 11.5 Å². The smallest absolute Gasteiger partial charge is 0.267 e. The van der Waals surface area contributed by atoms with Gasteiger partial charge in [-0.15, -0.1) is 0 Å². The summed E-state index contributed by atoms with van der Waals surface area (Å²) < 4.78 is 23.9. The molecule has 10 heteroatoms. The molecule has 0 aliphatic carbocycles. The second-order valence-electron chi connectivity index (χ2n) is 6.71. The van der Waals surface area contributed by atoms with Crippen molar-refractivity contribution in [3.63, 3.8) is 0 Å². The summed E-state index contributed by atoms with van der Waals surface area (Å²) in [6.45, 7) is 3.83. The lowest BCUT2D eigenvalue weighted by molar-refractivity contribution is 0.179. The first-order chi connectivity index (χ1) is 14.1. The molecule has 2 aromatic heterocycles. The highest BCUT2D eigenvalue weighted by molar-refractivity contribution is 7.09. The van der Waals surface area contributed by atoms with E-state index in [0.29, 0.717) is 19.0 Å². The Morgan fingerprint density at radius 1 is 1.07 bits per heavy atom. The number of rotatable bonds is 6. The number of hydrogen-bond acceptors (Lipinski definition) is 8. The molecular formula is C19H21FN6O2S. The van der Waals surface area contributed by atoms with Crippen LogP contribution in [0.1, 0.15) is 11.4 Å². The third-order valence-electron chi connectivity index (χ3n) is 4.70. The Bertz CT molecular complexity index is 1010. The molecule has 1 fully saturated rings. The van der Waals surface area contributed by atoms with E-state index in [9.17, 15) is 9.18 Å². The molecule has 0 N–H and O–H groups in total. The quantitative estimate of drug-likeness (QED) is 0.606. The largest absolute Gasteiger partial charge is 0.377 e. The monoisotopic (exact) mass is 416 g/mol. The average molecular weight is 416 g/mol. The topological polar surface area (TPSA) is 76.4 Å². The van der Waals surface area contributed by atoms with Crippen LogP contribution in [0.25, 0.3) is 0 Å². The minimum atomic E-state index is -0.301. The number of benzene rings is 1. The Labute approximate surface area is 171 Å². The maximum absolute atomic E-state index is 13.1. The van der Waals surface area contributed by atoms with Gasteiger partial charge in [-0.05, 0) is 23.8 Å². The minimum absolute atomic E-state index is 0.184. The van der Waals surface area contributed by atoms with Gasteiger partial charge in [-0.25, -0.2) is 14.1 Å². The van der Waals surface area contributed by atoms with E-state index in [-0.39, 0.29) is 11.4 Å². The molecule has 4 rings (SSSR count). The van der Waals surface area contributed by atoms with Crippen LogP contribution in [-0.2, 0) is 17.9 Å². The lowest BCUT2D eigenvalue weighted by Gasteiger charge is -2.35. The highest BCUT2D eigenvalue weighted by Crippen LogP contribution is 2.21. The summed E-state index contributed by atoms with van der Waals surface area (Å²) in [7, 11) is 1.63. The second-order valence-corrected chi connectivity index (χ2v) is 7.44.